The normalized spacial score (nSPS) is 12.0. The molecule has 0 aliphatic rings. The number of methoxy groups -OCH3 is 1. The zero-order valence-electron chi connectivity index (χ0n) is 12.3. The fourth-order valence-electron chi connectivity index (χ4n) is 1.94. The SMILES string of the molecule is COc1ccc(Cl)cc1NS(=O)(=O)c1ccccc1S(C)(=O)=O. The molecular formula is C14H14ClNO5S2. The van der Waals surface area contributed by atoms with Crippen molar-refractivity contribution in [2.24, 2.45) is 0 Å². The van der Waals surface area contributed by atoms with Crippen molar-refractivity contribution in [1.29, 1.82) is 0 Å². The van der Waals surface area contributed by atoms with Crippen LogP contribution in [0.15, 0.2) is 52.3 Å². The molecule has 1 N–H and O–H groups in total. The zero-order chi connectivity index (χ0) is 17.3. The van der Waals surface area contributed by atoms with E-state index in [1.54, 1.807) is 6.07 Å². The van der Waals surface area contributed by atoms with E-state index in [-0.39, 0.29) is 21.2 Å². The predicted molar refractivity (Wildman–Crippen MR) is 88.4 cm³/mol. The largest absolute Gasteiger partial charge is 0.495 e. The number of benzene rings is 2. The maximum Gasteiger partial charge on any atom is 0.263 e. The van der Waals surface area contributed by atoms with Crippen LogP contribution in [0.4, 0.5) is 5.69 Å². The Morgan fingerprint density at radius 1 is 1.00 bits per heavy atom. The van der Waals surface area contributed by atoms with E-state index in [0.717, 1.165) is 6.26 Å². The van der Waals surface area contributed by atoms with Crippen molar-refractivity contribution in [2.75, 3.05) is 18.1 Å². The molecule has 0 aromatic heterocycles. The number of hydrogen-bond donors (Lipinski definition) is 1. The molecule has 0 amide bonds. The van der Waals surface area contributed by atoms with Gasteiger partial charge in [-0.3, -0.25) is 4.72 Å². The first-order valence-corrected chi connectivity index (χ1v) is 10.1. The van der Waals surface area contributed by atoms with Gasteiger partial charge < -0.3 is 4.74 Å². The van der Waals surface area contributed by atoms with Crippen LogP contribution < -0.4 is 9.46 Å². The van der Waals surface area contributed by atoms with Crippen LogP contribution in [0, 0.1) is 0 Å². The summed E-state index contributed by atoms with van der Waals surface area (Å²) in [5, 5.41) is 0.305. The summed E-state index contributed by atoms with van der Waals surface area (Å²) in [5.41, 5.74) is 0.114. The number of ether oxygens (including phenoxy) is 1. The molecule has 9 heteroatoms. The lowest BCUT2D eigenvalue weighted by atomic mass is 10.3. The first kappa shape index (κ1) is 17.6. The van der Waals surface area contributed by atoms with Crippen molar-refractivity contribution in [1.82, 2.24) is 0 Å². The molecule has 0 spiro atoms. The van der Waals surface area contributed by atoms with Gasteiger partial charge in [-0.15, -0.1) is 0 Å². The smallest absolute Gasteiger partial charge is 0.263 e. The Morgan fingerprint density at radius 2 is 1.61 bits per heavy atom. The second kappa shape index (κ2) is 6.38. The van der Waals surface area contributed by atoms with Gasteiger partial charge in [-0.2, -0.15) is 0 Å². The lowest BCUT2D eigenvalue weighted by molar-refractivity contribution is 0.417. The molecule has 0 unspecified atom stereocenters. The molecule has 2 rings (SSSR count). The van der Waals surface area contributed by atoms with Crippen LogP contribution in [0.5, 0.6) is 5.75 Å². The molecule has 124 valence electrons. The van der Waals surface area contributed by atoms with Crippen LogP contribution in [0.1, 0.15) is 0 Å². The van der Waals surface area contributed by atoms with Crippen LogP contribution in [0.3, 0.4) is 0 Å². The minimum atomic E-state index is -4.14. The summed E-state index contributed by atoms with van der Waals surface area (Å²) in [5.74, 6) is 0.259. The van der Waals surface area contributed by atoms with E-state index >= 15 is 0 Å². The van der Waals surface area contributed by atoms with Gasteiger partial charge in [0.25, 0.3) is 10.0 Å². The molecule has 0 radical (unpaired) electrons. The highest BCUT2D eigenvalue weighted by Crippen LogP contribution is 2.31. The Balaban J connectivity index is 2.56. The molecule has 23 heavy (non-hydrogen) atoms. The Bertz CT molecular complexity index is 939. The van der Waals surface area contributed by atoms with Gasteiger partial charge in [0.15, 0.2) is 9.84 Å². The highest BCUT2D eigenvalue weighted by molar-refractivity contribution is 7.95. The van der Waals surface area contributed by atoms with E-state index in [9.17, 15) is 16.8 Å². The van der Waals surface area contributed by atoms with Crippen LogP contribution in [-0.2, 0) is 19.9 Å². The maximum atomic E-state index is 12.6. The Labute approximate surface area is 140 Å². The lowest BCUT2D eigenvalue weighted by Gasteiger charge is -2.14. The number of anilines is 1. The van der Waals surface area contributed by atoms with E-state index in [2.05, 4.69) is 4.72 Å². The molecule has 6 nitrogen and oxygen atoms in total. The van der Waals surface area contributed by atoms with E-state index < -0.39 is 19.9 Å². The van der Waals surface area contributed by atoms with Crippen molar-refractivity contribution >= 4 is 37.1 Å². The monoisotopic (exact) mass is 375 g/mol. The standard InChI is InChI=1S/C14H14ClNO5S2/c1-21-12-8-7-10(15)9-11(12)16-23(19,20)14-6-4-3-5-13(14)22(2,17)18/h3-9,16H,1-2H3. The molecule has 0 bridgehead atoms. The van der Waals surface area contributed by atoms with Gasteiger partial charge in [-0.25, -0.2) is 16.8 Å². The topological polar surface area (TPSA) is 89.5 Å². The van der Waals surface area contributed by atoms with Crippen molar-refractivity contribution in [3.8, 4) is 5.75 Å². The average molecular weight is 376 g/mol. The highest BCUT2D eigenvalue weighted by Gasteiger charge is 2.24. The van der Waals surface area contributed by atoms with Crippen LogP contribution in [-0.4, -0.2) is 30.2 Å². The van der Waals surface area contributed by atoms with Crippen molar-refractivity contribution in [3.63, 3.8) is 0 Å². The average Bonchev–Trinajstić information content (AvgIpc) is 2.46. The number of sulfone groups is 1. The second-order valence-electron chi connectivity index (χ2n) is 4.67. The van der Waals surface area contributed by atoms with E-state index in [1.165, 1.54) is 43.5 Å². The van der Waals surface area contributed by atoms with Crippen LogP contribution >= 0.6 is 11.6 Å². The summed E-state index contributed by atoms with van der Waals surface area (Å²) in [6.07, 6.45) is 0.946. The molecule has 2 aromatic carbocycles. The third kappa shape index (κ3) is 3.95. The number of nitrogens with one attached hydrogen (secondary N) is 1. The molecule has 0 saturated carbocycles. The molecule has 0 saturated heterocycles. The van der Waals surface area contributed by atoms with Gasteiger partial charge in [-0.1, -0.05) is 23.7 Å². The van der Waals surface area contributed by atoms with Gasteiger partial charge in [0.1, 0.15) is 10.6 Å². The number of rotatable bonds is 5. The highest BCUT2D eigenvalue weighted by atomic mass is 35.5. The second-order valence-corrected chi connectivity index (χ2v) is 8.74. The third-order valence-corrected chi connectivity index (χ3v) is 5.89. The van der Waals surface area contributed by atoms with Gasteiger partial charge >= 0.3 is 0 Å². The maximum absolute atomic E-state index is 12.6. The Hall–Kier alpha value is -1.77. The van der Waals surface area contributed by atoms with Gasteiger partial charge in [0.2, 0.25) is 0 Å². The van der Waals surface area contributed by atoms with Crippen LogP contribution in [0.25, 0.3) is 0 Å². The fourth-order valence-corrected chi connectivity index (χ4v) is 4.80. The Kier molecular flexibility index (Phi) is 4.88. The molecule has 0 aliphatic heterocycles. The summed E-state index contributed by atoms with van der Waals surface area (Å²) >= 11 is 5.87. The first-order chi connectivity index (χ1) is 10.6. The quantitative estimate of drug-likeness (QED) is 0.867. The lowest BCUT2D eigenvalue weighted by Crippen LogP contribution is -2.17. The summed E-state index contributed by atoms with van der Waals surface area (Å²) < 4.78 is 56.1. The van der Waals surface area contributed by atoms with Crippen molar-refractivity contribution in [2.45, 2.75) is 9.79 Å². The first-order valence-electron chi connectivity index (χ1n) is 6.30. The van der Waals surface area contributed by atoms with Crippen molar-refractivity contribution < 1.29 is 21.6 Å². The number of sulfonamides is 1. The Morgan fingerprint density at radius 3 is 2.17 bits per heavy atom. The zero-order valence-corrected chi connectivity index (χ0v) is 14.7. The van der Waals surface area contributed by atoms with Gasteiger partial charge in [0, 0.05) is 11.3 Å². The van der Waals surface area contributed by atoms with Gasteiger partial charge in [0.05, 0.1) is 17.7 Å². The summed E-state index contributed by atoms with van der Waals surface area (Å²) in [6.45, 7) is 0. The third-order valence-electron chi connectivity index (χ3n) is 2.94. The van der Waals surface area contributed by atoms with E-state index in [4.69, 9.17) is 16.3 Å². The van der Waals surface area contributed by atoms with Crippen molar-refractivity contribution in [3.05, 3.63) is 47.5 Å². The molecule has 0 aliphatic carbocycles. The van der Waals surface area contributed by atoms with E-state index in [1.807, 2.05) is 0 Å². The van der Waals surface area contributed by atoms with Crippen LogP contribution in [0.2, 0.25) is 5.02 Å². The summed E-state index contributed by atoms with van der Waals surface area (Å²) in [6, 6.07) is 9.77. The molecular weight excluding hydrogens is 362 g/mol. The number of hydrogen-bond acceptors (Lipinski definition) is 5. The number of halogens is 1. The van der Waals surface area contributed by atoms with Gasteiger partial charge in [-0.05, 0) is 30.3 Å². The molecule has 2 aromatic rings. The molecule has 0 atom stereocenters. The minimum absolute atomic E-state index is 0.114. The minimum Gasteiger partial charge on any atom is -0.495 e. The molecule has 0 fully saturated rings. The predicted octanol–water partition coefficient (Wildman–Crippen LogP) is 2.55. The summed E-state index contributed by atoms with van der Waals surface area (Å²) in [7, 11) is -6.47. The van der Waals surface area contributed by atoms with E-state index in [0.29, 0.717) is 5.02 Å². The fraction of sp³-hybridized carbons (Fsp3) is 0.143. The summed E-state index contributed by atoms with van der Waals surface area (Å²) in [4.78, 5) is -0.627. The molecule has 0 heterocycles.